The van der Waals surface area contributed by atoms with Crippen LogP contribution >= 0.6 is 11.6 Å². The summed E-state index contributed by atoms with van der Waals surface area (Å²) in [5.74, 6) is 0.0858. The Kier molecular flexibility index (Phi) is 4.41. The Hall–Kier alpha value is -3.13. The second-order valence-corrected chi connectivity index (χ2v) is 6.53. The zero-order chi connectivity index (χ0) is 19.0. The van der Waals surface area contributed by atoms with Crippen molar-refractivity contribution in [3.63, 3.8) is 0 Å². The fourth-order valence-corrected chi connectivity index (χ4v) is 3.03. The third-order valence-electron chi connectivity index (χ3n) is 4.32. The number of halogens is 2. The van der Waals surface area contributed by atoms with Crippen molar-refractivity contribution >= 4 is 23.3 Å². The number of hydrogen-bond acceptors (Lipinski definition) is 3. The first-order chi connectivity index (χ1) is 13.0. The minimum Gasteiger partial charge on any atom is -0.315 e. The molecule has 2 heterocycles. The van der Waals surface area contributed by atoms with E-state index >= 15 is 0 Å². The predicted octanol–water partition coefficient (Wildman–Crippen LogP) is 2.87. The Balaban J connectivity index is 1.53. The molecule has 0 aliphatic carbocycles. The molecule has 0 bridgehead atoms. The van der Waals surface area contributed by atoms with Crippen molar-refractivity contribution in [1.29, 1.82) is 0 Å². The monoisotopic (exact) mass is 387 g/mol. The van der Waals surface area contributed by atoms with Gasteiger partial charge in [-0.15, -0.1) is 5.10 Å². The average molecular weight is 388 g/mol. The molecule has 2 amide bonds. The Morgan fingerprint density at radius 1 is 1.07 bits per heavy atom. The third kappa shape index (κ3) is 3.43. The van der Waals surface area contributed by atoms with Crippen LogP contribution in [0.2, 0.25) is 5.02 Å². The lowest BCUT2D eigenvalue weighted by Gasteiger charge is -2.26. The van der Waals surface area contributed by atoms with E-state index in [4.69, 9.17) is 11.6 Å². The van der Waals surface area contributed by atoms with Crippen molar-refractivity contribution < 1.29 is 9.18 Å². The van der Waals surface area contributed by atoms with E-state index in [1.165, 1.54) is 33.5 Å². The number of urea groups is 1. The summed E-state index contributed by atoms with van der Waals surface area (Å²) in [7, 11) is 0. The molecule has 27 heavy (non-hydrogen) atoms. The molecule has 1 aromatic heterocycles. The van der Waals surface area contributed by atoms with Crippen LogP contribution in [0, 0.1) is 5.82 Å². The molecular weight excluding hydrogens is 373 g/mol. The molecule has 0 unspecified atom stereocenters. The number of anilines is 1. The number of hydrogen-bond donors (Lipinski definition) is 1. The first kappa shape index (κ1) is 17.3. The minimum atomic E-state index is -0.388. The van der Waals surface area contributed by atoms with Crippen molar-refractivity contribution in [3.8, 4) is 5.69 Å². The summed E-state index contributed by atoms with van der Waals surface area (Å²) >= 11 is 5.84. The lowest BCUT2D eigenvalue weighted by Crippen LogP contribution is -2.42. The molecule has 0 saturated heterocycles. The van der Waals surface area contributed by atoms with Gasteiger partial charge in [-0.05, 0) is 48.5 Å². The van der Waals surface area contributed by atoms with Crippen LogP contribution in [0.1, 0.15) is 5.82 Å². The second-order valence-electron chi connectivity index (χ2n) is 6.10. The van der Waals surface area contributed by atoms with Gasteiger partial charge in [-0.1, -0.05) is 11.6 Å². The van der Waals surface area contributed by atoms with Crippen LogP contribution in [-0.2, 0) is 13.1 Å². The summed E-state index contributed by atoms with van der Waals surface area (Å²) < 4.78 is 15.8. The van der Waals surface area contributed by atoms with Crippen LogP contribution in [0.4, 0.5) is 14.9 Å². The standard InChI is InChI=1S/C18H15ClFN5O2/c19-12-1-5-14(6-2-12)21-17(26)23-9-10-24-16(11-23)22-25(18(24)27)15-7-3-13(20)4-8-15/h1-8H,9-11H2,(H,21,26). The highest BCUT2D eigenvalue weighted by Gasteiger charge is 2.25. The number of amides is 2. The molecule has 7 nitrogen and oxygen atoms in total. The number of aromatic nitrogens is 3. The molecule has 1 N–H and O–H groups in total. The Labute approximate surface area is 158 Å². The highest BCUT2D eigenvalue weighted by Crippen LogP contribution is 2.16. The van der Waals surface area contributed by atoms with Crippen molar-refractivity contribution in [2.24, 2.45) is 0 Å². The molecule has 4 rings (SSSR count). The van der Waals surface area contributed by atoms with Gasteiger partial charge < -0.3 is 10.2 Å². The van der Waals surface area contributed by atoms with Gasteiger partial charge in [-0.3, -0.25) is 4.57 Å². The fraction of sp³-hybridized carbons (Fsp3) is 0.167. The van der Waals surface area contributed by atoms with E-state index in [9.17, 15) is 14.0 Å². The molecule has 1 aliphatic rings. The zero-order valence-corrected chi connectivity index (χ0v) is 14.9. The van der Waals surface area contributed by atoms with Gasteiger partial charge >= 0.3 is 11.7 Å². The van der Waals surface area contributed by atoms with E-state index in [1.807, 2.05) is 0 Å². The lowest BCUT2D eigenvalue weighted by atomic mass is 10.3. The number of nitrogens with one attached hydrogen (secondary N) is 1. The maximum Gasteiger partial charge on any atom is 0.350 e. The number of carbonyl (C=O) groups is 1. The maximum atomic E-state index is 13.1. The van der Waals surface area contributed by atoms with Gasteiger partial charge in [0.1, 0.15) is 5.82 Å². The molecule has 0 fully saturated rings. The second kappa shape index (κ2) is 6.88. The van der Waals surface area contributed by atoms with E-state index in [-0.39, 0.29) is 24.1 Å². The fourth-order valence-electron chi connectivity index (χ4n) is 2.91. The Morgan fingerprint density at radius 3 is 2.48 bits per heavy atom. The summed E-state index contributed by atoms with van der Waals surface area (Å²) in [6.45, 7) is 0.910. The molecule has 1 aliphatic heterocycles. The van der Waals surface area contributed by atoms with Gasteiger partial charge in [-0.25, -0.2) is 14.0 Å². The molecule has 9 heteroatoms. The maximum absolute atomic E-state index is 13.1. The molecule has 138 valence electrons. The van der Waals surface area contributed by atoms with E-state index in [0.717, 1.165) is 0 Å². The third-order valence-corrected chi connectivity index (χ3v) is 4.57. The summed E-state index contributed by atoms with van der Waals surface area (Å²) in [5.41, 5.74) is 0.791. The van der Waals surface area contributed by atoms with Gasteiger partial charge in [-0.2, -0.15) is 4.68 Å². The minimum absolute atomic E-state index is 0.197. The van der Waals surface area contributed by atoms with Crippen LogP contribution in [0.15, 0.2) is 53.3 Å². The largest absolute Gasteiger partial charge is 0.350 e. The van der Waals surface area contributed by atoms with Crippen molar-refractivity contribution in [3.05, 3.63) is 75.7 Å². The van der Waals surface area contributed by atoms with E-state index in [2.05, 4.69) is 10.4 Å². The molecular formula is C18H15ClFN5O2. The molecule has 2 aromatic carbocycles. The Bertz CT molecular complexity index is 1040. The molecule has 0 radical (unpaired) electrons. The smallest absolute Gasteiger partial charge is 0.315 e. The number of carbonyl (C=O) groups excluding carboxylic acids is 1. The normalized spacial score (nSPS) is 13.3. The Morgan fingerprint density at radius 2 is 1.78 bits per heavy atom. The van der Waals surface area contributed by atoms with Crippen LogP contribution < -0.4 is 11.0 Å². The highest BCUT2D eigenvalue weighted by molar-refractivity contribution is 6.30. The first-order valence-electron chi connectivity index (χ1n) is 8.27. The highest BCUT2D eigenvalue weighted by atomic mass is 35.5. The van der Waals surface area contributed by atoms with Gasteiger partial charge in [0, 0.05) is 23.8 Å². The van der Waals surface area contributed by atoms with Gasteiger partial charge in [0.05, 0.1) is 12.2 Å². The van der Waals surface area contributed by atoms with Crippen LogP contribution in [0.25, 0.3) is 5.69 Å². The average Bonchev–Trinajstić information content (AvgIpc) is 3.00. The van der Waals surface area contributed by atoms with Crippen molar-refractivity contribution in [1.82, 2.24) is 19.2 Å². The van der Waals surface area contributed by atoms with Gasteiger partial charge in [0.15, 0.2) is 5.82 Å². The van der Waals surface area contributed by atoms with Crippen LogP contribution in [0.3, 0.4) is 0 Å². The lowest BCUT2D eigenvalue weighted by molar-refractivity contribution is 0.195. The number of benzene rings is 2. The molecule has 0 saturated carbocycles. The topological polar surface area (TPSA) is 72.2 Å². The number of fused-ring (bicyclic) bond motifs is 1. The quantitative estimate of drug-likeness (QED) is 0.735. The van der Waals surface area contributed by atoms with Gasteiger partial charge in [0.25, 0.3) is 0 Å². The zero-order valence-electron chi connectivity index (χ0n) is 14.1. The SMILES string of the molecule is O=C(Nc1ccc(Cl)cc1)N1CCn2c(nn(-c3ccc(F)cc3)c2=O)C1. The van der Waals surface area contributed by atoms with Crippen molar-refractivity contribution in [2.75, 3.05) is 11.9 Å². The number of nitrogens with zero attached hydrogens (tertiary/aromatic N) is 4. The number of rotatable bonds is 2. The summed E-state index contributed by atoms with van der Waals surface area (Å²) in [5, 5.41) is 7.69. The van der Waals surface area contributed by atoms with Gasteiger partial charge in [0.2, 0.25) is 0 Å². The summed E-state index contributed by atoms with van der Waals surface area (Å²) in [6.07, 6.45) is 0. The van der Waals surface area contributed by atoms with E-state index < -0.39 is 0 Å². The molecule has 0 atom stereocenters. The summed E-state index contributed by atoms with van der Waals surface area (Å²) in [6, 6.07) is 12.0. The first-order valence-corrected chi connectivity index (χ1v) is 8.65. The van der Waals surface area contributed by atoms with Crippen molar-refractivity contribution in [2.45, 2.75) is 13.1 Å². The van der Waals surface area contributed by atoms with E-state index in [1.54, 1.807) is 29.2 Å². The van der Waals surface area contributed by atoms with Crippen LogP contribution in [0.5, 0.6) is 0 Å². The van der Waals surface area contributed by atoms with E-state index in [0.29, 0.717) is 35.3 Å². The van der Waals surface area contributed by atoms with Crippen LogP contribution in [-0.4, -0.2) is 31.8 Å². The molecule has 3 aromatic rings. The molecule has 0 spiro atoms. The summed E-state index contributed by atoms with van der Waals surface area (Å²) in [4.78, 5) is 26.6. The predicted molar refractivity (Wildman–Crippen MR) is 98.7 cm³/mol.